The Morgan fingerprint density at radius 1 is 1.31 bits per heavy atom. The third-order valence-electron chi connectivity index (χ3n) is 4.60. The number of carbonyl (C=O) groups excluding carboxylic acids is 1. The lowest BCUT2D eigenvalue weighted by atomic mass is 9.96. The van der Waals surface area contributed by atoms with Crippen molar-refractivity contribution in [1.29, 1.82) is 0 Å². The number of nitrogens with one attached hydrogen (secondary N) is 1. The van der Waals surface area contributed by atoms with Crippen LogP contribution in [0.1, 0.15) is 24.2 Å². The molecule has 140 valence electrons. The van der Waals surface area contributed by atoms with Crippen molar-refractivity contribution in [3.05, 3.63) is 59.0 Å². The first-order valence-corrected chi connectivity index (χ1v) is 10.6. The molecule has 2 aromatic rings. The summed E-state index contributed by atoms with van der Waals surface area (Å²) >= 11 is 8.03. The number of halogens is 1. The van der Waals surface area contributed by atoms with Crippen LogP contribution in [-0.2, 0) is 17.1 Å². The number of rotatable bonds is 8. The quantitative estimate of drug-likeness (QED) is 0.684. The second-order valence-corrected chi connectivity index (χ2v) is 8.10. The molecule has 1 N–H and O–H groups in total. The lowest BCUT2D eigenvalue weighted by molar-refractivity contribution is -0.126. The molecule has 1 aromatic carbocycles. The summed E-state index contributed by atoms with van der Waals surface area (Å²) in [6, 6.07) is 11.8. The Labute approximate surface area is 164 Å². The standard InChI is InChI=1S/C20H25ClN2O2S/c21-19-8-2-1-5-16(19)13-23-10-3-6-17(14-23)20(24)22-9-12-26-15-18-7-4-11-25-18/h1-2,4-5,7-8,11,17H,3,6,9-10,12-15H2,(H,22,24). The van der Waals surface area contributed by atoms with E-state index < -0.39 is 0 Å². The van der Waals surface area contributed by atoms with Crippen LogP contribution in [0.25, 0.3) is 0 Å². The minimum atomic E-state index is 0.0707. The second-order valence-electron chi connectivity index (χ2n) is 6.59. The summed E-state index contributed by atoms with van der Waals surface area (Å²) in [5.41, 5.74) is 1.13. The van der Waals surface area contributed by atoms with Gasteiger partial charge in [0, 0.05) is 30.4 Å². The Bertz CT molecular complexity index is 693. The number of piperidine rings is 1. The number of amides is 1. The maximum atomic E-state index is 12.5. The highest BCUT2D eigenvalue weighted by Gasteiger charge is 2.25. The molecular formula is C20H25ClN2O2S. The van der Waals surface area contributed by atoms with Crippen LogP contribution in [-0.4, -0.2) is 36.2 Å². The van der Waals surface area contributed by atoms with Crippen molar-refractivity contribution < 1.29 is 9.21 Å². The van der Waals surface area contributed by atoms with E-state index >= 15 is 0 Å². The lowest BCUT2D eigenvalue weighted by Crippen LogP contribution is -2.43. The molecule has 1 amide bonds. The van der Waals surface area contributed by atoms with Crippen LogP contribution in [0, 0.1) is 5.92 Å². The number of furan rings is 1. The third kappa shape index (κ3) is 5.79. The van der Waals surface area contributed by atoms with Crippen molar-refractivity contribution in [3.8, 4) is 0 Å². The van der Waals surface area contributed by atoms with Crippen molar-refractivity contribution in [2.45, 2.75) is 25.1 Å². The van der Waals surface area contributed by atoms with Crippen LogP contribution >= 0.6 is 23.4 Å². The first-order chi connectivity index (χ1) is 12.7. The summed E-state index contributed by atoms with van der Waals surface area (Å²) in [6.45, 7) is 3.33. The number of hydrogen-bond acceptors (Lipinski definition) is 4. The topological polar surface area (TPSA) is 45.5 Å². The number of likely N-dealkylation sites (tertiary alicyclic amines) is 1. The Balaban J connectivity index is 1.38. The molecule has 2 heterocycles. The molecule has 1 aliphatic heterocycles. The Kier molecular flexibility index (Phi) is 7.47. The van der Waals surface area contributed by atoms with Gasteiger partial charge >= 0.3 is 0 Å². The summed E-state index contributed by atoms with van der Waals surface area (Å²) in [4.78, 5) is 14.8. The molecule has 1 saturated heterocycles. The van der Waals surface area contributed by atoms with E-state index in [1.807, 2.05) is 30.3 Å². The lowest BCUT2D eigenvalue weighted by Gasteiger charge is -2.32. The molecule has 3 rings (SSSR count). The first kappa shape index (κ1) is 19.3. The third-order valence-corrected chi connectivity index (χ3v) is 5.95. The zero-order valence-electron chi connectivity index (χ0n) is 14.8. The van der Waals surface area contributed by atoms with Gasteiger partial charge in [-0.2, -0.15) is 11.8 Å². The normalized spacial score (nSPS) is 18.0. The van der Waals surface area contributed by atoms with Gasteiger partial charge in [-0.25, -0.2) is 0 Å². The van der Waals surface area contributed by atoms with E-state index in [4.69, 9.17) is 16.0 Å². The SMILES string of the molecule is O=C(NCCSCc1ccco1)C1CCCN(Cc2ccccc2Cl)C1. The average molecular weight is 393 g/mol. The largest absolute Gasteiger partial charge is 0.468 e. The van der Waals surface area contributed by atoms with Gasteiger partial charge in [0.05, 0.1) is 17.9 Å². The average Bonchev–Trinajstić information content (AvgIpc) is 3.17. The minimum absolute atomic E-state index is 0.0707. The summed E-state index contributed by atoms with van der Waals surface area (Å²) < 4.78 is 5.30. The molecule has 1 unspecified atom stereocenters. The highest BCUT2D eigenvalue weighted by molar-refractivity contribution is 7.98. The molecule has 1 atom stereocenters. The van der Waals surface area contributed by atoms with Gasteiger partial charge in [0.15, 0.2) is 0 Å². The van der Waals surface area contributed by atoms with E-state index in [0.29, 0.717) is 6.54 Å². The smallest absolute Gasteiger partial charge is 0.224 e. The van der Waals surface area contributed by atoms with E-state index in [1.165, 1.54) is 0 Å². The van der Waals surface area contributed by atoms with Crippen molar-refractivity contribution in [2.24, 2.45) is 5.92 Å². The monoisotopic (exact) mass is 392 g/mol. The summed E-state index contributed by atoms with van der Waals surface area (Å²) in [6.07, 6.45) is 3.70. The zero-order chi connectivity index (χ0) is 18.2. The van der Waals surface area contributed by atoms with Crippen LogP contribution in [0.3, 0.4) is 0 Å². The van der Waals surface area contributed by atoms with E-state index in [9.17, 15) is 4.79 Å². The predicted molar refractivity (Wildman–Crippen MR) is 107 cm³/mol. The highest BCUT2D eigenvalue weighted by Crippen LogP contribution is 2.22. The molecule has 6 heteroatoms. The molecule has 1 aromatic heterocycles. The van der Waals surface area contributed by atoms with Gasteiger partial charge in [-0.1, -0.05) is 29.8 Å². The fraction of sp³-hybridized carbons (Fsp3) is 0.450. The predicted octanol–water partition coefficient (Wildman–Crippen LogP) is 4.19. The number of benzene rings is 1. The van der Waals surface area contributed by atoms with Gasteiger partial charge in [0.1, 0.15) is 5.76 Å². The molecule has 0 saturated carbocycles. The maximum absolute atomic E-state index is 12.5. The van der Waals surface area contributed by atoms with Crippen LogP contribution in [0.4, 0.5) is 0 Å². The molecule has 1 aliphatic rings. The zero-order valence-corrected chi connectivity index (χ0v) is 16.4. The molecule has 0 bridgehead atoms. The van der Waals surface area contributed by atoms with E-state index in [2.05, 4.69) is 16.3 Å². The molecule has 0 spiro atoms. The Morgan fingerprint density at radius 2 is 2.19 bits per heavy atom. The Hall–Kier alpha value is -1.43. The van der Waals surface area contributed by atoms with Crippen molar-refractivity contribution in [2.75, 3.05) is 25.4 Å². The van der Waals surface area contributed by atoms with E-state index in [1.54, 1.807) is 18.0 Å². The van der Waals surface area contributed by atoms with Gasteiger partial charge in [0.2, 0.25) is 5.91 Å². The van der Waals surface area contributed by atoms with Crippen molar-refractivity contribution in [1.82, 2.24) is 10.2 Å². The van der Waals surface area contributed by atoms with Gasteiger partial charge in [0.25, 0.3) is 0 Å². The number of thioether (sulfide) groups is 1. The van der Waals surface area contributed by atoms with Crippen LogP contribution in [0.2, 0.25) is 5.02 Å². The van der Waals surface area contributed by atoms with Gasteiger partial charge in [-0.15, -0.1) is 0 Å². The summed E-state index contributed by atoms with van der Waals surface area (Å²) in [5.74, 6) is 2.96. The molecule has 1 fully saturated rings. The molecule has 0 aliphatic carbocycles. The minimum Gasteiger partial charge on any atom is -0.468 e. The fourth-order valence-electron chi connectivity index (χ4n) is 3.24. The van der Waals surface area contributed by atoms with Crippen LogP contribution in [0.15, 0.2) is 47.1 Å². The van der Waals surface area contributed by atoms with Crippen molar-refractivity contribution in [3.63, 3.8) is 0 Å². The van der Waals surface area contributed by atoms with Gasteiger partial charge < -0.3 is 9.73 Å². The number of hydrogen-bond donors (Lipinski definition) is 1. The molecule has 4 nitrogen and oxygen atoms in total. The van der Waals surface area contributed by atoms with E-state index in [-0.39, 0.29) is 11.8 Å². The summed E-state index contributed by atoms with van der Waals surface area (Å²) in [7, 11) is 0. The molecule has 26 heavy (non-hydrogen) atoms. The van der Waals surface area contributed by atoms with Gasteiger partial charge in [-0.3, -0.25) is 9.69 Å². The van der Waals surface area contributed by atoms with Gasteiger partial charge in [-0.05, 0) is 43.1 Å². The summed E-state index contributed by atoms with van der Waals surface area (Å²) in [5, 5.41) is 3.88. The first-order valence-electron chi connectivity index (χ1n) is 9.06. The molecular weight excluding hydrogens is 368 g/mol. The van der Waals surface area contributed by atoms with Crippen LogP contribution in [0.5, 0.6) is 0 Å². The highest BCUT2D eigenvalue weighted by atomic mass is 35.5. The second kappa shape index (κ2) is 10.0. The number of carbonyl (C=O) groups is 1. The van der Waals surface area contributed by atoms with Crippen LogP contribution < -0.4 is 5.32 Å². The molecule has 0 radical (unpaired) electrons. The maximum Gasteiger partial charge on any atom is 0.224 e. The van der Waals surface area contributed by atoms with E-state index in [0.717, 1.165) is 60.3 Å². The number of nitrogens with zero attached hydrogens (tertiary/aromatic N) is 1. The van der Waals surface area contributed by atoms with Crippen molar-refractivity contribution >= 4 is 29.3 Å². The Morgan fingerprint density at radius 3 is 3.00 bits per heavy atom. The fourth-order valence-corrected chi connectivity index (χ4v) is 4.19.